The minimum Gasteiger partial charge on any atom is -0.481 e. The van der Waals surface area contributed by atoms with Crippen LogP contribution in [0.15, 0.2) is 42.5 Å². The Morgan fingerprint density at radius 2 is 1.33 bits per heavy atom. The molecule has 0 radical (unpaired) electrons. The van der Waals surface area contributed by atoms with E-state index < -0.39 is 70.8 Å². The zero-order valence-electron chi connectivity index (χ0n) is 23.3. The minimum atomic E-state index is -5.10. The van der Waals surface area contributed by atoms with Crippen LogP contribution in [0.1, 0.15) is 48.3 Å². The topological polar surface area (TPSA) is 81.2 Å². The lowest BCUT2D eigenvalue weighted by atomic mass is 9.81. The number of amides is 3. The molecule has 0 aromatic heterocycles. The molecule has 2 aliphatic rings. The second-order valence-corrected chi connectivity index (χ2v) is 11.1. The first-order chi connectivity index (χ1) is 20.0. The van der Waals surface area contributed by atoms with Gasteiger partial charge in [0.1, 0.15) is 5.82 Å². The number of rotatable bonds is 5. The van der Waals surface area contributed by atoms with E-state index in [1.54, 1.807) is 0 Å². The third kappa shape index (κ3) is 7.04. The molecule has 2 fully saturated rings. The Kier molecular flexibility index (Phi) is 8.98. The zero-order valence-corrected chi connectivity index (χ0v) is 23.3. The van der Waals surface area contributed by atoms with E-state index in [0.717, 1.165) is 11.9 Å². The summed E-state index contributed by atoms with van der Waals surface area (Å²) in [4.78, 5) is 41.7. The van der Waals surface area contributed by atoms with E-state index in [4.69, 9.17) is 0 Å². The number of halogens is 7. The lowest BCUT2D eigenvalue weighted by molar-refractivity contribution is -0.145. The number of carboxylic acid groups (broad SMARTS) is 1. The highest BCUT2D eigenvalue weighted by Crippen LogP contribution is 2.39. The van der Waals surface area contributed by atoms with Crippen LogP contribution < -0.4 is 4.90 Å². The number of carboxylic acids is 1. The van der Waals surface area contributed by atoms with Crippen molar-refractivity contribution >= 4 is 23.6 Å². The number of hydrogen-bond acceptors (Lipinski definition) is 3. The van der Waals surface area contributed by atoms with Crippen molar-refractivity contribution in [1.82, 2.24) is 9.80 Å². The Morgan fingerprint density at radius 3 is 1.81 bits per heavy atom. The number of alkyl halides is 6. The van der Waals surface area contributed by atoms with Crippen molar-refractivity contribution in [3.63, 3.8) is 0 Å². The van der Waals surface area contributed by atoms with Gasteiger partial charge in [-0.25, -0.2) is 9.18 Å². The second-order valence-electron chi connectivity index (χ2n) is 11.1. The molecule has 1 aliphatic heterocycles. The number of likely N-dealkylation sites (tertiary alicyclic amines) is 1. The van der Waals surface area contributed by atoms with Crippen LogP contribution in [0.3, 0.4) is 0 Å². The predicted octanol–water partition coefficient (Wildman–Crippen LogP) is 6.24. The zero-order chi connectivity index (χ0) is 31.9. The first-order valence-corrected chi connectivity index (χ1v) is 13.5. The first-order valence-electron chi connectivity index (χ1n) is 13.5. The summed E-state index contributed by atoms with van der Waals surface area (Å²) < 4.78 is 94.3. The van der Waals surface area contributed by atoms with E-state index in [0.29, 0.717) is 48.3 Å². The summed E-state index contributed by atoms with van der Waals surface area (Å²) in [7, 11) is 2.39. The third-order valence-electron chi connectivity index (χ3n) is 8.37. The number of carbonyl (C=O) groups is 3. The molecule has 4 rings (SSSR count). The van der Waals surface area contributed by atoms with Crippen molar-refractivity contribution in [2.75, 3.05) is 32.1 Å². The van der Waals surface area contributed by atoms with Crippen LogP contribution in [0.25, 0.3) is 0 Å². The van der Waals surface area contributed by atoms with Gasteiger partial charge in [-0.05, 0) is 61.6 Å². The van der Waals surface area contributed by atoms with Crippen molar-refractivity contribution < 1.29 is 50.2 Å². The summed E-state index contributed by atoms with van der Waals surface area (Å²) in [6, 6.07) is 4.60. The van der Waals surface area contributed by atoms with Gasteiger partial charge in [-0.1, -0.05) is 12.1 Å². The molecule has 1 aliphatic carbocycles. The van der Waals surface area contributed by atoms with Crippen molar-refractivity contribution in [1.29, 1.82) is 0 Å². The minimum absolute atomic E-state index is 0.00616. The predicted molar refractivity (Wildman–Crippen MR) is 141 cm³/mol. The Labute approximate surface area is 242 Å². The van der Waals surface area contributed by atoms with Crippen LogP contribution in [0.4, 0.5) is 41.2 Å². The van der Waals surface area contributed by atoms with Crippen molar-refractivity contribution in [3.05, 3.63) is 65.0 Å². The average Bonchev–Trinajstić information content (AvgIpc) is 3.40. The number of hydrogen-bond donors (Lipinski definition) is 1. The van der Waals surface area contributed by atoms with Gasteiger partial charge in [-0.15, -0.1) is 0 Å². The normalized spacial score (nSPS) is 22.8. The molecule has 0 spiro atoms. The molecule has 1 N–H and O–H groups in total. The van der Waals surface area contributed by atoms with E-state index in [9.17, 15) is 50.2 Å². The number of benzene rings is 2. The molecule has 14 heteroatoms. The van der Waals surface area contributed by atoms with Crippen molar-refractivity contribution in [3.8, 4) is 0 Å². The molecule has 0 bridgehead atoms. The molecule has 2 aromatic rings. The monoisotopic (exact) mass is 617 g/mol. The highest BCUT2D eigenvalue weighted by molar-refractivity contribution is 5.92. The van der Waals surface area contributed by atoms with Gasteiger partial charge >= 0.3 is 24.4 Å². The standard InChI is InChI=1S/C29H30F7N3O4/c1-37(22-12-19(28(31,32)33)11-20(13-22)29(34,35)36)27(43)38(2)24-15-39(14-23(24)16-7-9-21(30)10-8-16)25(40)17-3-5-18(6-4-17)26(41)42/h7-13,17-18,23-24H,3-6,14-15H2,1-2H3,(H,41,42)/t17?,18?,23-,24+/m0/s1. The Hall–Kier alpha value is -3.84. The summed E-state index contributed by atoms with van der Waals surface area (Å²) in [5, 5.41) is 9.26. The van der Waals surface area contributed by atoms with Crippen LogP contribution in [0.5, 0.6) is 0 Å². The summed E-state index contributed by atoms with van der Waals surface area (Å²) in [6.45, 7) is 0.128. The lowest BCUT2D eigenvalue weighted by Crippen LogP contribution is -2.48. The quantitative estimate of drug-likeness (QED) is 0.403. The Bertz CT molecular complexity index is 1320. The van der Waals surface area contributed by atoms with Gasteiger partial charge in [0.25, 0.3) is 0 Å². The number of nitrogens with zero attached hydrogens (tertiary/aromatic N) is 3. The smallest absolute Gasteiger partial charge is 0.416 e. The van der Waals surface area contributed by atoms with Crippen molar-refractivity contribution in [2.24, 2.45) is 11.8 Å². The maximum absolute atomic E-state index is 13.7. The summed E-state index contributed by atoms with van der Waals surface area (Å²) in [6.07, 6.45) is -8.79. The van der Waals surface area contributed by atoms with Crippen LogP contribution in [-0.4, -0.2) is 66.0 Å². The number of anilines is 1. The molecule has 1 saturated carbocycles. The van der Waals surface area contributed by atoms with E-state index in [-0.39, 0.29) is 25.1 Å². The molecule has 2 aromatic carbocycles. The van der Waals surface area contributed by atoms with Crippen LogP contribution in [-0.2, 0) is 21.9 Å². The lowest BCUT2D eigenvalue weighted by Gasteiger charge is -2.33. The van der Waals surface area contributed by atoms with Gasteiger partial charge in [-0.3, -0.25) is 14.5 Å². The van der Waals surface area contributed by atoms with Crippen LogP contribution in [0, 0.1) is 17.7 Å². The van der Waals surface area contributed by atoms with E-state index in [1.807, 2.05) is 0 Å². The van der Waals surface area contributed by atoms with E-state index in [1.165, 1.54) is 36.2 Å². The number of aliphatic carboxylic acids is 1. The van der Waals surface area contributed by atoms with Crippen molar-refractivity contribution in [2.45, 2.75) is 50.0 Å². The van der Waals surface area contributed by atoms with Gasteiger partial charge in [0.05, 0.1) is 23.1 Å². The van der Waals surface area contributed by atoms with Gasteiger partial charge in [0.15, 0.2) is 0 Å². The second kappa shape index (κ2) is 12.0. The number of likely N-dealkylation sites (N-methyl/N-ethyl adjacent to an activating group) is 1. The molecule has 7 nitrogen and oxygen atoms in total. The molecular formula is C29H30F7N3O4. The first kappa shape index (κ1) is 32.1. The van der Waals surface area contributed by atoms with Gasteiger partial charge in [0.2, 0.25) is 5.91 Å². The van der Waals surface area contributed by atoms with Crippen LogP contribution >= 0.6 is 0 Å². The Balaban J connectivity index is 1.61. The maximum atomic E-state index is 13.7. The number of urea groups is 1. The summed E-state index contributed by atoms with van der Waals surface area (Å²) in [5.41, 5.74) is -3.19. The molecule has 0 unspecified atom stereocenters. The fraction of sp³-hybridized carbons (Fsp3) is 0.483. The maximum Gasteiger partial charge on any atom is 0.416 e. The van der Waals surface area contributed by atoms with E-state index >= 15 is 0 Å². The highest BCUT2D eigenvalue weighted by atomic mass is 19.4. The fourth-order valence-corrected chi connectivity index (χ4v) is 5.86. The SMILES string of the molecule is CN(C(=O)N(C)[C@@H]1CN(C(=O)C2CCC(C(=O)O)CC2)C[C@H]1c1ccc(F)cc1)c1cc(C(F)(F)F)cc(C(F)(F)F)c1. The van der Waals surface area contributed by atoms with Crippen LogP contribution in [0.2, 0.25) is 0 Å². The van der Waals surface area contributed by atoms with Gasteiger partial charge < -0.3 is 14.9 Å². The molecule has 43 heavy (non-hydrogen) atoms. The van der Waals surface area contributed by atoms with Gasteiger partial charge in [0, 0.05) is 44.7 Å². The molecule has 1 saturated heterocycles. The average molecular weight is 618 g/mol. The van der Waals surface area contributed by atoms with Gasteiger partial charge in [-0.2, -0.15) is 26.3 Å². The molecule has 2 atom stereocenters. The highest BCUT2D eigenvalue weighted by Gasteiger charge is 2.44. The summed E-state index contributed by atoms with van der Waals surface area (Å²) >= 11 is 0. The molecule has 1 heterocycles. The van der Waals surface area contributed by atoms with E-state index in [2.05, 4.69) is 0 Å². The molecule has 234 valence electrons. The Morgan fingerprint density at radius 1 is 0.814 bits per heavy atom. The largest absolute Gasteiger partial charge is 0.481 e. The molecule has 3 amide bonds. The molecular weight excluding hydrogens is 587 g/mol. The number of carbonyl (C=O) groups excluding carboxylic acids is 2. The third-order valence-corrected chi connectivity index (χ3v) is 8.37. The fourth-order valence-electron chi connectivity index (χ4n) is 5.86. The summed E-state index contributed by atoms with van der Waals surface area (Å²) in [5.74, 6) is -3.19.